The van der Waals surface area contributed by atoms with Gasteiger partial charge in [0.15, 0.2) is 5.49 Å². The van der Waals surface area contributed by atoms with Crippen LogP contribution in [0.4, 0.5) is 5.82 Å². The normalized spacial score (nSPS) is 15.0. The standard InChI is InChI=1S/C22H20BrN7O3/c23-14-6-12-3-4-29(20(12)26-10-14)22(32)15-8-16-17(7-13(15)9-27-33)30(19(25)21(31)28-16)18(24)5-11-1-2-11/h6-8,10-11,24-25H,1-5,9H2,(H,28,31). The fourth-order valence-electron chi connectivity index (χ4n) is 4.27. The summed E-state index contributed by atoms with van der Waals surface area (Å²) in [6.45, 7) is 0.186. The Kier molecular flexibility index (Phi) is 5.28. The molecule has 168 valence electrons. The van der Waals surface area contributed by atoms with Crippen molar-refractivity contribution in [2.75, 3.05) is 11.4 Å². The highest BCUT2D eigenvalue weighted by atomic mass is 79.9. The summed E-state index contributed by atoms with van der Waals surface area (Å²) in [5.41, 5.74) is 1.23. The van der Waals surface area contributed by atoms with E-state index in [9.17, 15) is 14.5 Å². The average molecular weight is 510 g/mol. The molecule has 1 fully saturated rings. The van der Waals surface area contributed by atoms with Crippen LogP contribution in [0, 0.1) is 21.6 Å². The van der Waals surface area contributed by atoms with Gasteiger partial charge in [-0.2, -0.15) is 4.91 Å². The SMILES string of the molecule is N=C(CC1CC1)n1c(=N)c(=O)[nH]c2cc(C(=O)N3CCc4cc(Br)cnc43)c(CN=O)cc21. The molecule has 0 saturated heterocycles. The second kappa shape index (κ2) is 8.14. The number of nitroso groups, excluding NO2 is 1. The summed E-state index contributed by atoms with van der Waals surface area (Å²) in [5, 5.41) is 19.7. The van der Waals surface area contributed by atoms with E-state index in [4.69, 9.17) is 10.8 Å². The minimum absolute atomic E-state index is 0.144. The first-order chi connectivity index (χ1) is 15.9. The zero-order valence-corrected chi connectivity index (χ0v) is 19.1. The topological polar surface area (TPSA) is 148 Å². The van der Waals surface area contributed by atoms with Gasteiger partial charge in [-0.15, -0.1) is 0 Å². The minimum Gasteiger partial charge on any atom is -0.317 e. The van der Waals surface area contributed by atoms with Crippen molar-refractivity contribution in [3.8, 4) is 0 Å². The van der Waals surface area contributed by atoms with Crippen molar-refractivity contribution in [3.05, 3.63) is 66.3 Å². The van der Waals surface area contributed by atoms with E-state index in [-0.39, 0.29) is 29.3 Å². The van der Waals surface area contributed by atoms with E-state index in [2.05, 4.69) is 31.1 Å². The van der Waals surface area contributed by atoms with E-state index in [0.29, 0.717) is 47.7 Å². The first kappa shape index (κ1) is 21.4. The van der Waals surface area contributed by atoms with Crippen LogP contribution >= 0.6 is 15.9 Å². The fraction of sp³-hybridized carbons (Fsp3) is 0.318. The number of aromatic nitrogens is 3. The van der Waals surface area contributed by atoms with E-state index in [1.54, 1.807) is 17.2 Å². The molecule has 0 radical (unpaired) electrons. The highest BCUT2D eigenvalue weighted by Gasteiger charge is 2.30. The lowest BCUT2D eigenvalue weighted by Crippen LogP contribution is -2.40. The lowest BCUT2D eigenvalue weighted by atomic mass is 10.0. The van der Waals surface area contributed by atoms with Crippen molar-refractivity contribution in [2.24, 2.45) is 11.1 Å². The van der Waals surface area contributed by atoms with Crippen LogP contribution in [0.1, 0.15) is 40.7 Å². The Labute approximate surface area is 195 Å². The Hall–Kier alpha value is -3.47. The Morgan fingerprint density at radius 1 is 1.30 bits per heavy atom. The maximum atomic E-state index is 13.5. The number of carbonyl (C=O) groups is 1. The van der Waals surface area contributed by atoms with Crippen LogP contribution in [0.2, 0.25) is 0 Å². The molecule has 1 aliphatic heterocycles. The maximum Gasteiger partial charge on any atom is 0.291 e. The number of amides is 1. The molecule has 10 nitrogen and oxygen atoms in total. The number of pyridine rings is 1. The largest absolute Gasteiger partial charge is 0.317 e. The van der Waals surface area contributed by atoms with E-state index in [0.717, 1.165) is 22.9 Å². The lowest BCUT2D eigenvalue weighted by molar-refractivity contribution is 0.0988. The van der Waals surface area contributed by atoms with Crippen LogP contribution < -0.4 is 15.9 Å². The van der Waals surface area contributed by atoms with Crippen LogP contribution in [-0.2, 0) is 13.0 Å². The van der Waals surface area contributed by atoms with E-state index in [1.807, 2.05) is 6.07 Å². The second-order valence-corrected chi connectivity index (χ2v) is 9.30. The third-order valence-corrected chi connectivity index (χ3v) is 6.51. The number of aromatic amines is 1. The van der Waals surface area contributed by atoms with Crippen molar-refractivity contribution in [1.82, 2.24) is 14.5 Å². The van der Waals surface area contributed by atoms with Gasteiger partial charge in [-0.3, -0.25) is 29.9 Å². The van der Waals surface area contributed by atoms with Crippen molar-refractivity contribution in [1.29, 1.82) is 10.8 Å². The van der Waals surface area contributed by atoms with Gasteiger partial charge in [-0.05, 0) is 70.4 Å². The van der Waals surface area contributed by atoms with Crippen LogP contribution in [0.5, 0.6) is 0 Å². The molecule has 0 spiro atoms. The number of nitrogens with one attached hydrogen (secondary N) is 3. The number of benzene rings is 1. The Balaban J connectivity index is 1.65. The molecule has 1 aliphatic carbocycles. The van der Waals surface area contributed by atoms with Gasteiger partial charge in [-0.1, -0.05) is 5.18 Å². The van der Waals surface area contributed by atoms with Crippen molar-refractivity contribution >= 4 is 44.5 Å². The Morgan fingerprint density at radius 3 is 2.82 bits per heavy atom. The summed E-state index contributed by atoms with van der Waals surface area (Å²) in [5.74, 6) is 0.744. The molecule has 2 aromatic heterocycles. The summed E-state index contributed by atoms with van der Waals surface area (Å²) >= 11 is 3.39. The molecular weight excluding hydrogens is 490 g/mol. The molecule has 33 heavy (non-hydrogen) atoms. The average Bonchev–Trinajstić information content (AvgIpc) is 3.50. The van der Waals surface area contributed by atoms with Gasteiger partial charge in [0.1, 0.15) is 18.2 Å². The second-order valence-electron chi connectivity index (χ2n) is 8.39. The molecular formula is C22H20BrN7O3. The predicted octanol–water partition coefficient (Wildman–Crippen LogP) is 3.06. The predicted molar refractivity (Wildman–Crippen MR) is 126 cm³/mol. The van der Waals surface area contributed by atoms with Gasteiger partial charge in [0.25, 0.3) is 11.5 Å². The van der Waals surface area contributed by atoms with Gasteiger partial charge in [0.05, 0.1) is 11.0 Å². The Bertz CT molecular complexity index is 1450. The van der Waals surface area contributed by atoms with Gasteiger partial charge in [-0.25, -0.2) is 4.98 Å². The molecule has 3 N–H and O–H groups in total. The van der Waals surface area contributed by atoms with Gasteiger partial charge >= 0.3 is 0 Å². The summed E-state index contributed by atoms with van der Waals surface area (Å²) in [4.78, 5) is 45.7. The molecule has 1 aromatic carbocycles. The van der Waals surface area contributed by atoms with Crippen molar-refractivity contribution < 1.29 is 4.79 Å². The van der Waals surface area contributed by atoms with Crippen LogP contribution in [0.25, 0.3) is 11.0 Å². The number of anilines is 1. The Morgan fingerprint density at radius 2 is 2.09 bits per heavy atom. The van der Waals surface area contributed by atoms with E-state index >= 15 is 0 Å². The van der Waals surface area contributed by atoms with Gasteiger partial charge in [0.2, 0.25) is 0 Å². The van der Waals surface area contributed by atoms with E-state index < -0.39 is 5.56 Å². The van der Waals surface area contributed by atoms with Crippen molar-refractivity contribution in [2.45, 2.75) is 32.2 Å². The number of fused-ring (bicyclic) bond motifs is 2. The molecule has 11 heteroatoms. The molecule has 0 atom stereocenters. The monoisotopic (exact) mass is 509 g/mol. The number of halogens is 1. The number of rotatable bonds is 5. The number of nitrogens with zero attached hydrogens (tertiary/aromatic N) is 4. The summed E-state index contributed by atoms with van der Waals surface area (Å²) in [6, 6.07) is 5.01. The van der Waals surface area contributed by atoms with E-state index in [1.165, 1.54) is 10.6 Å². The third-order valence-electron chi connectivity index (χ3n) is 6.08. The molecule has 3 aromatic rings. The summed E-state index contributed by atoms with van der Waals surface area (Å²) in [7, 11) is 0. The first-order valence-corrected chi connectivity index (χ1v) is 11.4. The molecule has 3 heterocycles. The number of hydrogen-bond acceptors (Lipinski definition) is 7. The van der Waals surface area contributed by atoms with Gasteiger partial charge < -0.3 is 4.98 Å². The smallest absolute Gasteiger partial charge is 0.291 e. The van der Waals surface area contributed by atoms with Crippen molar-refractivity contribution in [3.63, 3.8) is 0 Å². The molecule has 1 amide bonds. The first-order valence-electron chi connectivity index (χ1n) is 10.6. The van der Waals surface area contributed by atoms with Gasteiger partial charge in [0, 0.05) is 29.2 Å². The van der Waals surface area contributed by atoms with Crippen LogP contribution in [0.15, 0.2) is 38.8 Å². The zero-order chi connectivity index (χ0) is 23.3. The highest BCUT2D eigenvalue weighted by molar-refractivity contribution is 9.10. The van der Waals surface area contributed by atoms with Crippen LogP contribution in [-0.4, -0.2) is 32.8 Å². The number of H-pyrrole nitrogens is 1. The summed E-state index contributed by atoms with van der Waals surface area (Å²) in [6.07, 6.45) is 4.79. The highest BCUT2D eigenvalue weighted by Crippen LogP contribution is 2.33. The number of hydrogen-bond donors (Lipinski definition) is 3. The molecule has 0 bridgehead atoms. The maximum absolute atomic E-state index is 13.5. The molecule has 2 aliphatic rings. The fourth-order valence-corrected chi connectivity index (χ4v) is 4.65. The minimum atomic E-state index is -0.652. The summed E-state index contributed by atoms with van der Waals surface area (Å²) < 4.78 is 2.12. The number of carbonyl (C=O) groups excluding carboxylic acids is 1. The quantitative estimate of drug-likeness (QED) is 0.275. The third kappa shape index (κ3) is 3.82. The molecule has 5 rings (SSSR count). The molecule has 0 unspecified atom stereocenters. The van der Waals surface area contributed by atoms with Crippen LogP contribution in [0.3, 0.4) is 0 Å². The zero-order valence-electron chi connectivity index (χ0n) is 17.5. The molecule has 1 saturated carbocycles. The lowest BCUT2D eigenvalue weighted by Gasteiger charge is -2.19.